The molecule has 0 aliphatic heterocycles. The molecule has 1 heterocycles. The molecular formula is C17H16FN5O2. The number of amides is 1. The van der Waals surface area contributed by atoms with Crippen LogP contribution in [-0.2, 0) is 11.3 Å². The molecule has 25 heavy (non-hydrogen) atoms. The molecule has 1 unspecified atom stereocenters. The first-order valence-corrected chi connectivity index (χ1v) is 7.66. The molecule has 1 aromatic heterocycles. The second-order valence-electron chi connectivity index (χ2n) is 5.35. The van der Waals surface area contributed by atoms with Crippen LogP contribution >= 0.6 is 0 Å². The van der Waals surface area contributed by atoms with Gasteiger partial charge in [0, 0.05) is 17.7 Å². The van der Waals surface area contributed by atoms with Gasteiger partial charge in [0.15, 0.2) is 0 Å². The van der Waals surface area contributed by atoms with E-state index in [4.69, 9.17) is 0 Å². The average Bonchev–Trinajstić information content (AvgIpc) is 3.09. The molecule has 0 bridgehead atoms. The van der Waals surface area contributed by atoms with E-state index < -0.39 is 17.8 Å². The molecule has 0 fully saturated rings. The molecule has 7 nitrogen and oxygen atoms in total. The summed E-state index contributed by atoms with van der Waals surface area (Å²) in [5.74, 6) is -0.512. The highest BCUT2D eigenvalue weighted by atomic mass is 19.1. The lowest BCUT2D eigenvalue weighted by Gasteiger charge is -2.12. The summed E-state index contributed by atoms with van der Waals surface area (Å²) in [5.41, 5.74) is 0.928. The predicted octanol–water partition coefficient (Wildman–Crippen LogP) is 1.33. The second-order valence-corrected chi connectivity index (χ2v) is 5.35. The molecule has 3 aromatic rings. The molecule has 0 saturated heterocycles. The minimum absolute atomic E-state index is 0.111. The Morgan fingerprint density at radius 3 is 2.64 bits per heavy atom. The van der Waals surface area contributed by atoms with Gasteiger partial charge in [0.05, 0.1) is 6.10 Å². The van der Waals surface area contributed by atoms with E-state index in [2.05, 4.69) is 20.7 Å². The van der Waals surface area contributed by atoms with Crippen LogP contribution in [0.4, 0.5) is 4.39 Å². The van der Waals surface area contributed by atoms with Gasteiger partial charge < -0.3 is 10.4 Å². The monoisotopic (exact) mass is 341 g/mol. The van der Waals surface area contributed by atoms with Gasteiger partial charge in [-0.2, -0.15) is 4.80 Å². The van der Waals surface area contributed by atoms with Crippen molar-refractivity contribution < 1.29 is 14.3 Å². The summed E-state index contributed by atoms with van der Waals surface area (Å²) in [4.78, 5) is 13.1. The van der Waals surface area contributed by atoms with Gasteiger partial charge >= 0.3 is 0 Å². The molecule has 2 N–H and O–H groups in total. The SMILES string of the molecule is O=C(Cn1nnc(-c2ccccc2)n1)NCC(O)c1ccccc1F. The van der Waals surface area contributed by atoms with Gasteiger partial charge in [0.1, 0.15) is 12.4 Å². The zero-order valence-electron chi connectivity index (χ0n) is 13.2. The van der Waals surface area contributed by atoms with Gasteiger partial charge in [-0.15, -0.1) is 10.2 Å². The van der Waals surface area contributed by atoms with E-state index in [0.717, 1.165) is 10.4 Å². The Bertz CT molecular complexity index is 853. The van der Waals surface area contributed by atoms with Crippen LogP contribution in [0, 0.1) is 5.82 Å². The van der Waals surface area contributed by atoms with Crippen LogP contribution in [0.25, 0.3) is 11.4 Å². The van der Waals surface area contributed by atoms with Crippen LogP contribution in [0.1, 0.15) is 11.7 Å². The van der Waals surface area contributed by atoms with Crippen LogP contribution in [0.2, 0.25) is 0 Å². The van der Waals surface area contributed by atoms with Crippen molar-refractivity contribution >= 4 is 5.91 Å². The summed E-state index contributed by atoms with van der Waals surface area (Å²) in [6.07, 6.45) is -1.13. The van der Waals surface area contributed by atoms with Crippen molar-refractivity contribution in [2.24, 2.45) is 0 Å². The summed E-state index contributed by atoms with van der Waals surface area (Å²) in [6.45, 7) is -0.260. The number of aromatic nitrogens is 4. The number of benzene rings is 2. The summed E-state index contributed by atoms with van der Waals surface area (Å²) in [7, 11) is 0. The molecule has 1 atom stereocenters. The molecule has 0 radical (unpaired) electrons. The summed E-state index contributed by atoms with van der Waals surface area (Å²) in [6, 6.07) is 15.1. The number of nitrogens with one attached hydrogen (secondary N) is 1. The third-order valence-electron chi connectivity index (χ3n) is 3.53. The van der Waals surface area contributed by atoms with Crippen LogP contribution in [-0.4, -0.2) is 37.8 Å². The van der Waals surface area contributed by atoms with Gasteiger partial charge in [0.2, 0.25) is 11.7 Å². The number of carbonyl (C=O) groups is 1. The zero-order chi connectivity index (χ0) is 17.6. The molecule has 1 amide bonds. The largest absolute Gasteiger partial charge is 0.386 e. The van der Waals surface area contributed by atoms with Gasteiger partial charge in [0.25, 0.3) is 0 Å². The minimum Gasteiger partial charge on any atom is -0.386 e. The topological polar surface area (TPSA) is 92.9 Å². The van der Waals surface area contributed by atoms with Crippen LogP contribution in [0.3, 0.4) is 0 Å². The fourth-order valence-electron chi connectivity index (χ4n) is 2.26. The quantitative estimate of drug-likeness (QED) is 0.705. The molecule has 0 spiro atoms. The number of nitrogens with zero attached hydrogens (tertiary/aromatic N) is 4. The van der Waals surface area contributed by atoms with Gasteiger partial charge in [-0.25, -0.2) is 4.39 Å². The Kier molecular flexibility index (Phi) is 5.10. The number of rotatable bonds is 6. The normalized spacial score (nSPS) is 11.9. The highest BCUT2D eigenvalue weighted by Crippen LogP contribution is 2.15. The second kappa shape index (κ2) is 7.63. The standard InChI is InChI=1S/C17H16FN5O2/c18-14-9-5-4-8-13(14)15(24)10-19-16(25)11-23-21-17(20-22-23)12-6-2-1-3-7-12/h1-9,15,24H,10-11H2,(H,19,25). The molecule has 0 aliphatic carbocycles. The lowest BCUT2D eigenvalue weighted by Crippen LogP contribution is -2.32. The molecular weight excluding hydrogens is 325 g/mol. The Balaban J connectivity index is 1.55. The third-order valence-corrected chi connectivity index (χ3v) is 3.53. The van der Waals surface area contributed by atoms with Crippen molar-refractivity contribution in [3.8, 4) is 11.4 Å². The number of aliphatic hydroxyl groups is 1. The van der Waals surface area contributed by atoms with E-state index in [1.165, 1.54) is 18.2 Å². The molecule has 8 heteroatoms. The van der Waals surface area contributed by atoms with Crippen LogP contribution < -0.4 is 5.32 Å². The Morgan fingerprint density at radius 2 is 1.88 bits per heavy atom. The number of carbonyl (C=O) groups excluding carboxylic acids is 1. The van der Waals surface area contributed by atoms with Crippen LogP contribution in [0.5, 0.6) is 0 Å². The van der Waals surface area contributed by atoms with E-state index in [-0.39, 0.29) is 18.7 Å². The van der Waals surface area contributed by atoms with Gasteiger partial charge in [-0.3, -0.25) is 4.79 Å². The summed E-state index contributed by atoms with van der Waals surface area (Å²) >= 11 is 0. The summed E-state index contributed by atoms with van der Waals surface area (Å²) < 4.78 is 13.6. The lowest BCUT2D eigenvalue weighted by atomic mass is 10.1. The molecule has 0 saturated carbocycles. The summed E-state index contributed by atoms with van der Waals surface area (Å²) in [5, 5.41) is 24.3. The Morgan fingerprint density at radius 1 is 1.16 bits per heavy atom. The maximum atomic E-state index is 13.6. The van der Waals surface area contributed by atoms with Crippen molar-refractivity contribution in [3.05, 3.63) is 66.0 Å². The fraction of sp³-hybridized carbons (Fsp3) is 0.176. The zero-order valence-corrected chi connectivity index (χ0v) is 13.2. The van der Waals surface area contributed by atoms with Crippen molar-refractivity contribution in [1.29, 1.82) is 0 Å². The minimum atomic E-state index is -1.13. The average molecular weight is 341 g/mol. The molecule has 128 valence electrons. The predicted molar refractivity (Wildman–Crippen MR) is 87.6 cm³/mol. The van der Waals surface area contributed by atoms with Gasteiger partial charge in [-0.05, 0) is 11.3 Å². The number of hydrogen-bond donors (Lipinski definition) is 2. The van der Waals surface area contributed by atoms with Crippen molar-refractivity contribution in [1.82, 2.24) is 25.5 Å². The lowest BCUT2D eigenvalue weighted by molar-refractivity contribution is -0.122. The first kappa shape index (κ1) is 16.7. The smallest absolute Gasteiger partial charge is 0.243 e. The highest BCUT2D eigenvalue weighted by Gasteiger charge is 2.14. The van der Waals surface area contributed by atoms with Crippen LogP contribution in [0.15, 0.2) is 54.6 Å². The van der Waals surface area contributed by atoms with Gasteiger partial charge in [-0.1, -0.05) is 48.5 Å². The first-order valence-electron chi connectivity index (χ1n) is 7.66. The van der Waals surface area contributed by atoms with E-state index in [1.54, 1.807) is 6.07 Å². The van der Waals surface area contributed by atoms with E-state index in [9.17, 15) is 14.3 Å². The number of hydrogen-bond acceptors (Lipinski definition) is 5. The Hall–Kier alpha value is -3.13. The van der Waals surface area contributed by atoms with Crippen molar-refractivity contribution in [2.45, 2.75) is 12.6 Å². The number of tetrazole rings is 1. The number of aliphatic hydroxyl groups excluding tert-OH is 1. The highest BCUT2D eigenvalue weighted by molar-refractivity contribution is 5.75. The maximum Gasteiger partial charge on any atom is 0.243 e. The maximum absolute atomic E-state index is 13.6. The van der Waals surface area contributed by atoms with E-state index in [0.29, 0.717) is 5.82 Å². The number of halogens is 1. The van der Waals surface area contributed by atoms with Crippen molar-refractivity contribution in [2.75, 3.05) is 6.54 Å². The van der Waals surface area contributed by atoms with Crippen molar-refractivity contribution in [3.63, 3.8) is 0 Å². The molecule has 3 rings (SSSR count). The molecule has 2 aromatic carbocycles. The Labute approximate surface area is 143 Å². The third kappa shape index (κ3) is 4.24. The molecule has 0 aliphatic rings. The van der Waals surface area contributed by atoms with E-state index >= 15 is 0 Å². The van der Waals surface area contributed by atoms with E-state index in [1.807, 2.05) is 30.3 Å². The fourth-order valence-corrected chi connectivity index (χ4v) is 2.26. The first-order chi connectivity index (χ1) is 12.1.